The van der Waals surface area contributed by atoms with E-state index in [2.05, 4.69) is 5.32 Å². The standard InChI is InChI=1S/C13H19N3O4S/c14-7-10-4-5-12(20-10)13(17)16-8-9-2-1-3-11(6-9)21(15,18)19/h1-3,6,10,12H,4-5,7-8,14H2,(H,16,17)(H2,15,18,19). The first-order valence-corrected chi connectivity index (χ1v) is 8.20. The fraction of sp³-hybridized carbons (Fsp3) is 0.462. The Kier molecular flexibility index (Phi) is 4.94. The summed E-state index contributed by atoms with van der Waals surface area (Å²) in [5.74, 6) is -0.216. The smallest absolute Gasteiger partial charge is 0.249 e. The molecule has 2 atom stereocenters. The predicted molar refractivity (Wildman–Crippen MR) is 76.6 cm³/mol. The second-order valence-corrected chi connectivity index (χ2v) is 6.53. The molecular weight excluding hydrogens is 294 g/mol. The molecule has 0 bridgehead atoms. The lowest BCUT2D eigenvalue weighted by Gasteiger charge is -2.13. The Morgan fingerprint density at radius 2 is 2.14 bits per heavy atom. The van der Waals surface area contributed by atoms with Crippen molar-refractivity contribution in [3.05, 3.63) is 29.8 Å². The minimum Gasteiger partial charge on any atom is -0.364 e. The third kappa shape index (κ3) is 4.24. The summed E-state index contributed by atoms with van der Waals surface area (Å²) in [6.07, 6.45) is 0.867. The van der Waals surface area contributed by atoms with Crippen LogP contribution >= 0.6 is 0 Å². The fourth-order valence-corrected chi connectivity index (χ4v) is 2.79. The summed E-state index contributed by atoms with van der Waals surface area (Å²) in [6.45, 7) is 0.621. The summed E-state index contributed by atoms with van der Waals surface area (Å²) >= 11 is 0. The zero-order valence-corrected chi connectivity index (χ0v) is 12.3. The van der Waals surface area contributed by atoms with Gasteiger partial charge in [-0.25, -0.2) is 13.6 Å². The molecule has 0 aliphatic carbocycles. The quantitative estimate of drug-likeness (QED) is 0.673. The van der Waals surface area contributed by atoms with Gasteiger partial charge >= 0.3 is 0 Å². The van der Waals surface area contributed by atoms with Crippen LogP contribution in [0.5, 0.6) is 0 Å². The van der Waals surface area contributed by atoms with Crippen LogP contribution in [0.4, 0.5) is 0 Å². The van der Waals surface area contributed by atoms with E-state index in [-0.39, 0.29) is 23.5 Å². The number of ether oxygens (including phenoxy) is 1. The van der Waals surface area contributed by atoms with E-state index >= 15 is 0 Å². The molecule has 116 valence electrons. The lowest BCUT2D eigenvalue weighted by atomic mass is 10.2. The molecular formula is C13H19N3O4S. The summed E-state index contributed by atoms with van der Waals surface area (Å²) in [5.41, 5.74) is 6.15. The lowest BCUT2D eigenvalue weighted by Crippen LogP contribution is -2.35. The Balaban J connectivity index is 1.93. The summed E-state index contributed by atoms with van der Waals surface area (Å²) in [7, 11) is -3.74. The van der Waals surface area contributed by atoms with Crippen LogP contribution in [0.15, 0.2) is 29.2 Å². The van der Waals surface area contributed by atoms with Gasteiger partial charge in [0.25, 0.3) is 0 Å². The van der Waals surface area contributed by atoms with Crippen LogP contribution in [0.3, 0.4) is 0 Å². The van der Waals surface area contributed by atoms with Crippen LogP contribution in [0.25, 0.3) is 0 Å². The van der Waals surface area contributed by atoms with Crippen LogP contribution in [0.2, 0.25) is 0 Å². The van der Waals surface area contributed by atoms with Crippen molar-refractivity contribution in [1.82, 2.24) is 5.32 Å². The summed E-state index contributed by atoms with van der Waals surface area (Å²) in [6, 6.07) is 6.14. The molecule has 1 aliphatic rings. The number of carbonyl (C=O) groups is 1. The first-order valence-electron chi connectivity index (χ1n) is 6.65. The molecule has 1 amide bonds. The molecule has 7 nitrogen and oxygen atoms in total. The molecule has 1 fully saturated rings. The molecule has 8 heteroatoms. The maximum absolute atomic E-state index is 11.9. The molecule has 1 aromatic carbocycles. The summed E-state index contributed by atoms with van der Waals surface area (Å²) < 4.78 is 28.0. The first-order chi connectivity index (χ1) is 9.90. The molecule has 2 rings (SSSR count). The topological polar surface area (TPSA) is 125 Å². The monoisotopic (exact) mass is 313 g/mol. The van der Waals surface area contributed by atoms with Gasteiger partial charge in [0.05, 0.1) is 11.0 Å². The summed E-state index contributed by atoms with van der Waals surface area (Å²) in [5, 5.41) is 7.79. The van der Waals surface area contributed by atoms with E-state index in [9.17, 15) is 13.2 Å². The van der Waals surface area contributed by atoms with E-state index in [1.54, 1.807) is 12.1 Å². The lowest BCUT2D eigenvalue weighted by molar-refractivity contribution is -0.132. The Morgan fingerprint density at radius 3 is 2.76 bits per heavy atom. The predicted octanol–water partition coefficient (Wildman–Crippen LogP) is -0.543. The van der Waals surface area contributed by atoms with E-state index in [4.69, 9.17) is 15.6 Å². The molecule has 1 heterocycles. The highest BCUT2D eigenvalue weighted by Crippen LogP contribution is 2.19. The largest absolute Gasteiger partial charge is 0.364 e. The number of primary sulfonamides is 1. The van der Waals surface area contributed by atoms with Gasteiger partial charge in [0.2, 0.25) is 15.9 Å². The number of sulfonamides is 1. The number of nitrogens with two attached hydrogens (primary N) is 2. The molecule has 0 spiro atoms. The van der Waals surface area contributed by atoms with Crippen LogP contribution in [0, 0.1) is 0 Å². The molecule has 5 N–H and O–H groups in total. The van der Waals surface area contributed by atoms with Crippen molar-refractivity contribution < 1.29 is 17.9 Å². The number of hydrogen-bond acceptors (Lipinski definition) is 5. The van der Waals surface area contributed by atoms with Crippen LogP contribution in [0.1, 0.15) is 18.4 Å². The number of benzene rings is 1. The molecule has 1 aromatic rings. The third-order valence-electron chi connectivity index (χ3n) is 3.36. The van der Waals surface area contributed by atoms with E-state index in [0.29, 0.717) is 18.5 Å². The van der Waals surface area contributed by atoms with Gasteiger partial charge in [0, 0.05) is 13.1 Å². The molecule has 0 radical (unpaired) electrons. The zero-order chi connectivity index (χ0) is 15.5. The number of rotatable bonds is 5. The Morgan fingerprint density at radius 1 is 1.38 bits per heavy atom. The van der Waals surface area contributed by atoms with Crippen molar-refractivity contribution in [3.8, 4) is 0 Å². The average molecular weight is 313 g/mol. The van der Waals surface area contributed by atoms with E-state index in [0.717, 1.165) is 6.42 Å². The highest BCUT2D eigenvalue weighted by atomic mass is 32.2. The highest BCUT2D eigenvalue weighted by molar-refractivity contribution is 7.89. The maximum atomic E-state index is 11.9. The molecule has 1 saturated heterocycles. The van der Waals surface area contributed by atoms with Crippen molar-refractivity contribution in [2.24, 2.45) is 10.9 Å². The molecule has 0 aromatic heterocycles. The molecule has 21 heavy (non-hydrogen) atoms. The zero-order valence-electron chi connectivity index (χ0n) is 11.5. The van der Waals surface area contributed by atoms with Crippen molar-refractivity contribution in [1.29, 1.82) is 0 Å². The number of nitrogens with one attached hydrogen (secondary N) is 1. The number of hydrogen-bond donors (Lipinski definition) is 3. The van der Waals surface area contributed by atoms with E-state index < -0.39 is 16.1 Å². The Hall–Kier alpha value is -1.48. The maximum Gasteiger partial charge on any atom is 0.249 e. The van der Waals surface area contributed by atoms with Gasteiger partial charge in [-0.1, -0.05) is 12.1 Å². The SMILES string of the molecule is NCC1CCC(C(=O)NCc2cccc(S(N)(=O)=O)c2)O1. The third-order valence-corrected chi connectivity index (χ3v) is 4.27. The van der Waals surface area contributed by atoms with Crippen molar-refractivity contribution in [3.63, 3.8) is 0 Å². The number of carbonyl (C=O) groups excluding carboxylic acids is 1. The minimum absolute atomic E-state index is 0.0227. The highest BCUT2D eigenvalue weighted by Gasteiger charge is 2.29. The van der Waals surface area contributed by atoms with E-state index in [1.165, 1.54) is 12.1 Å². The van der Waals surface area contributed by atoms with Gasteiger partial charge in [0.1, 0.15) is 6.10 Å². The molecule has 2 unspecified atom stereocenters. The number of amides is 1. The Labute approximate surface area is 123 Å². The van der Waals surface area contributed by atoms with Gasteiger partial charge in [-0.3, -0.25) is 4.79 Å². The Bertz CT molecular complexity index is 618. The second kappa shape index (κ2) is 6.52. The second-order valence-electron chi connectivity index (χ2n) is 4.97. The average Bonchev–Trinajstić information content (AvgIpc) is 2.93. The summed E-state index contributed by atoms with van der Waals surface area (Å²) in [4.78, 5) is 12.0. The van der Waals surface area contributed by atoms with Gasteiger partial charge in [-0.15, -0.1) is 0 Å². The van der Waals surface area contributed by atoms with Gasteiger partial charge in [-0.05, 0) is 30.5 Å². The fourth-order valence-electron chi connectivity index (χ4n) is 2.21. The molecule has 0 saturated carbocycles. The van der Waals surface area contributed by atoms with Crippen molar-refractivity contribution >= 4 is 15.9 Å². The normalized spacial score (nSPS) is 22.2. The van der Waals surface area contributed by atoms with E-state index in [1.807, 2.05) is 0 Å². The van der Waals surface area contributed by atoms with Gasteiger partial charge in [-0.2, -0.15) is 0 Å². The van der Waals surface area contributed by atoms with Crippen LogP contribution in [-0.2, 0) is 26.1 Å². The molecule has 1 aliphatic heterocycles. The first kappa shape index (κ1) is 15.9. The van der Waals surface area contributed by atoms with Crippen molar-refractivity contribution in [2.45, 2.75) is 36.5 Å². The van der Waals surface area contributed by atoms with Crippen LogP contribution in [-0.4, -0.2) is 33.1 Å². The van der Waals surface area contributed by atoms with Crippen molar-refractivity contribution in [2.75, 3.05) is 6.54 Å². The van der Waals surface area contributed by atoms with Gasteiger partial charge < -0.3 is 15.8 Å². The minimum atomic E-state index is -3.74. The van der Waals surface area contributed by atoms with Crippen LogP contribution < -0.4 is 16.2 Å². The van der Waals surface area contributed by atoms with Gasteiger partial charge in [0.15, 0.2) is 0 Å².